The number of rotatable bonds is 2. The summed E-state index contributed by atoms with van der Waals surface area (Å²) in [5.41, 5.74) is 0. The molecule has 70 valence electrons. The lowest BCUT2D eigenvalue weighted by molar-refractivity contribution is -0.303. The fourth-order valence-electron chi connectivity index (χ4n) is 0.382. The normalized spacial score (nSPS) is 12.8. The summed E-state index contributed by atoms with van der Waals surface area (Å²) in [4.78, 5) is 10.2. The molecule has 0 rings (SSSR count). The molecule has 0 aromatic rings. The van der Waals surface area contributed by atoms with Crippen LogP contribution in [0.25, 0.3) is 0 Å². The number of esters is 1. The number of aliphatic hydroxyl groups excluding tert-OH is 1. The van der Waals surface area contributed by atoms with Gasteiger partial charge in [-0.3, -0.25) is 0 Å². The molecule has 6 heteroatoms. The van der Waals surface area contributed by atoms with Crippen LogP contribution in [0.5, 0.6) is 0 Å². The van der Waals surface area contributed by atoms with Gasteiger partial charge in [-0.25, -0.2) is 4.79 Å². The summed E-state index contributed by atoms with van der Waals surface area (Å²) in [6.07, 6.45) is -4.54. The average Bonchev–Trinajstić information content (AvgIpc) is 1.82. The number of carbonyl (C=O) groups is 1. The Morgan fingerprint density at radius 1 is 1.58 bits per heavy atom. The van der Waals surface area contributed by atoms with Gasteiger partial charge in [-0.05, 0) is 0 Å². The van der Waals surface area contributed by atoms with Gasteiger partial charge in [0.25, 0.3) is 0 Å². The molecule has 12 heavy (non-hydrogen) atoms. The predicted octanol–water partition coefficient (Wildman–Crippen LogP) is 1.90. The fraction of sp³-hybridized carbons (Fsp3) is 0.500. The first-order valence-corrected chi connectivity index (χ1v) is 3.04. The van der Waals surface area contributed by atoms with E-state index in [1.807, 2.05) is 0 Å². The first-order valence-electron chi connectivity index (χ1n) is 3.04. The monoisotopic (exact) mass is 184 g/mol. The standard InChI is InChI=1S/C6H7F3O3/c1-2-4(10)3-5(11)12-6(7,8)9/h3,10H,2H2,1H3. The van der Waals surface area contributed by atoms with E-state index >= 15 is 0 Å². The maximum absolute atomic E-state index is 11.3. The third kappa shape index (κ3) is 5.57. The van der Waals surface area contributed by atoms with Crippen LogP contribution in [0.1, 0.15) is 13.3 Å². The van der Waals surface area contributed by atoms with Gasteiger partial charge in [0.2, 0.25) is 0 Å². The summed E-state index contributed by atoms with van der Waals surface area (Å²) in [7, 11) is 0. The van der Waals surface area contributed by atoms with E-state index in [1.54, 1.807) is 0 Å². The minimum absolute atomic E-state index is 0.0763. The number of alkyl halides is 3. The summed E-state index contributed by atoms with van der Waals surface area (Å²) < 4.78 is 36.9. The first-order chi connectivity index (χ1) is 5.35. The Bertz CT molecular complexity index is 195. The molecule has 0 spiro atoms. The van der Waals surface area contributed by atoms with Crippen molar-refractivity contribution in [1.29, 1.82) is 0 Å². The van der Waals surface area contributed by atoms with Crippen LogP contribution in [0, 0.1) is 0 Å². The second-order valence-electron chi connectivity index (χ2n) is 1.86. The maximum atomic E-state index is 11.3. The lowest BCUT2D eigenvalue weighted by Gasteiger charge is -2.03. The molecule has 0 aromatic carbocycles. The zero-order chi connectivity index (χ0) is 9.78. The number of aliphatic hydroxyl groups is 1. The van der Waals surface area contributed by atoms with Crippen molar-refractivity contribution in [2.75, 3.05) is 0 Å². The van der Waals surface area contributed by atoms with E-state index in [0.717, 1.165) is 0 Å². The van der Waals surface area contributed by atoms with Crippen molar-refractivity contribution in [1.82, 2.24) is 0 Å². The van der Waals surface area contributed by atoms with Crippen LogP contribution >= 0.6 is 0 Å². The minimum atomic E-state index is -5.00. The van der Waals surface area contributed by atoms with Crippen molar-refractivity contribution < 1.29 is 27.8 Å². The molecule has 1 N–H and O–H groups in total. The molecule has 0 saturated heterocycles. The lowest BCUT2D eigenvalue weighted by Crippen LogP contribution is -2.17. The molecule has 0 aliphatic carbocycles. The summed E-state index contributed by atoms with van der Waals surface area (Å²) in [6.45, 7) is 1.48. The van der Waals surface area contributed by atoms with Crippen LogP contribution in [0.4, 0.5) is 13.2 Å². The molecular formula is C6H7F3O3. The highest BCUT2D eigenvalue weighted by Gasteiger charge is 2.33. The van der Waals surface area contributed by atoms with Gasteiger partial charge in [-0.2, -0.15) is 0 Å². The van der Waals surface area contributed by atoms with E-state index in [1.165, 1.54) is 6.92 Å². The topological polar surface area (TPSA) is 46.5 Å². The van der Waals surface area contributed by atoms with Crippen molar-refractivity contribution in [3.05, 3.63) is 11.8 Å². The number of allylic oxidation sites excluding steroid dienone is 1. The van der Waals surface area contributed by atoms with Gasteiger partial charge >= 0.3 is 12.3 Å². The molecule has 0 radical (unpaired) electrons. The Labute approximate surface area is 66.4 Å². The molecule has 3 nitrogen and oxygen atoms in total. The van der Waals surface area contributed by atoms with Gasteiger partial charge in [0, 0.05) is 6.42 Å². The zero-order valence-electron chi connectivity index (χ0n) is 6.18. The van der Waals surface area contributed by atoms with Crippen LogP contribution in [0.2, 0.25) is 0 Å². The van der Waals surface area contributed by atoms with E-state index in [-0.39, 0.29) is 6.42 Å². The SMILES string of the molecule is CCC(O)=CC(=O)OC(F)(F)F. The highest BCUT2D eigenvalue weighted by atomic mass is 19.4. The highest BCUT2D eigenvalue weighted by molar-refractivity contribution is 5.82. The molecule has 0 unspecified atom stereocenters. The summed E-state index contributed by atoms with van der Waals surface area (Å²) in [6, 6.07) is 0. The number of halogens is 3. The molecule has 0 fully saturated rings. The molecule has 0 atom stereocenters. The molecule has 0 bridgehead atoms. The van der Waals surface area contributed by atoms with Gasteiger partial charge in [-0.1, -0.05) is 6.92 Å². The van der Waals surface area contributed by atoms with E-state index in [4.69, 9.17) is 5.11 Å². The molecule has 0 saturated carbocycles. The van der Waals surface area contributed by atoms with Crippen LogP contribution in [0.3, 0.4) is 0 Å². The van der Waals surface area contributed by atoms with E-state index in [0.29, 0.717) is 6.08 Å². The highest BCUT2D eigenvalue weighted by Crippen LogP contribution is 2.16. The summed E-state index contributed by atoms with van der Waals surface area (Å²) in [5, 5.41) is 8.62. The second kappa shape index (κ2) is 3.99. The Morgan fingerprint density at radius 3 is 2.42 bits per heavy atom. The van der Waals surface area contributed by atoms with E-state index in [2.05, 4.69) is 4.74 Å². The van der Waals surface area contributed by atoms with Crippen LogP contribution in [0.15, 0.2) is 11.8 Å². The largest absolute Gasteiger partial charge is 0.575 e. The van der Waals surface area contributed by atoms with E-state index < -0.39 is 18.1 Å². The lowest BCUT2D eigenvalue weighted by atomic mass is 10.4. The van der Waals surface area contributed by atoms with Gasteiger partial charge in [0.05, 0.1) is 11.8 Å². The zero-order valence-corrected chi connectivity index (χ0v) is 6.18. The predicted molar refractivity (Wildman–Crippen MR) is 33.1 cm³/mol. The second-order valence-corrected chi connectivity index (χ2v) is 1.86. The van der Waals surface area contributed by atoms with E-state index in [9.17, 15) is 18.0 Å². The average molecular weight is 184 g/mol. The minimum Gasteiger partial charge on any atom is -0.512 e. The van der Waals surface area contributed by atoms with Gasteiger partial charge in [0.1, 0.15) is 0 Å². The Balaban J connectivity index is 4.08. The molecule has 0 aliphatic rings. The number of hydrogen-bond acceptors (Lipinski definition) is 3. The summed E-state index contributed by atoms with van der Waals surface area (Å²) in [5.74, 6) is -2.08. The third-order valence-corrected chi connectivity index (χ3v) is 0.863. The molecule has 0 aromatic heterocycles. The van der Waals surface area contributed by atoms with Crippen molar-refractivity contribution >= 4 is 5.97 Å². The van der Waals surface area contributed by atoms with Crippen molar-refractivity contribution in [2.24, 2.45) is 0 Å². The Kier molecular flexibility index (Phi) is 3.59. The number of carbonyl (C=O) groups excluding carboxylic acids is 1. The Morgan fingerprint density at radius 2 is 2.08 bits per heavy atom. The van der Waals surface area contributed by atoms with Gasteiger partial charge < -0.3 is 9.84 Å². The van der Waals surface area contributed by atoms with Crippen LogP contribution in [-0.4, -0.2) is 17.4 Å². The quantitative estimate of drug-likeness (QED) is 0.405. The Hall–Kier alpha value is -1.20. The fourth-order valence-corrected chi connectivity index (χ4v) is 0.382. The summed E-state index contributed by atoms with van der Waals surface area (Å²) >= 11 is 0. The number of hydrogen-bond donors (Lipinski definition) is 1. The van der Waals surface area contributed by atoms with Crippen LogP contribution in [-0.2, 0) is 9.53 Å². The van der Waals surface area contributed by atoms with Crippen molar-refractivity contribution in [3.8, 4) is 0 Å². The smallest absolute Gasteiger partial charge is 0.512 e. The van der Waals surface area contributed by atoms with Gasteiger partial charge in [0.15, 0.2) is 0 Å². The van der Waals surface area contributed by atoms with Gasteiger partial charge in [-0.15, -0.1) is 13.2 Å². The van der Waals surface area contributed by atoms with Crippen molar-refractivity contribution in [2.45, 2.75) is 19.7 Å². The molecular weight excluding hydrogens is 177 g/mol. The molecule has 0 heterocycles. The van der Waals surface area contributed by atoms with Crippen LogP contribution < -0.4 is 0 Å². The molecule has 0 amide bonds. The first kappa shape index (κ1) is 10.8. The maximum Gasteiger partial charge on any atom is 0.575 e. The molecule has 0 aliphatic heterocycles. The number of ether oxygens (including phenoxy) is 1. The third-order valence-electron chi connectivity index (χ3n) is 0.863. The van der Waals surface area contributed by atoms with Crippen molar-refractivity contribution in [3.63, 3.8) is 0 Å².